The van der Waals surface area contributed by atoms with Gasteiger partial charge in [-0.15, -0.1) is 0 Å². The molecule has 0 aromatic heterocycles. The molecular formula is C17H23NO. The molecule has 2 heteroatoms. The molecule has 4 fully saturated rings. The van der Waals surface area contributed by atoms with E-state index in [1.54, 1.807) is 0 Å². The van der Waals surface area contributed by atoms with Gasteiger partial charge in [-0.05, 0) is 55.9 Å². The summed E-state index contributed by atoms with van der Waals surface area (Å²) in [5, 5.41) is 14.5. The summed E-state index contributed by atoms with van der Waals surface area (Å²) in [6.45, 7) is 0.941. The molecule has 1 aromatic rings. The van der Waals surface area contributed by atoms with Gasteiger partial charge in [0.2, 0.25) is 0 Å². The Morgan fingerprint density at radius 2 is 1.74 bits per heavy atom. The number of benzene rings is 1. The van der Waals surface area contributed by atoms with Gasteiger partial charge in [0.15, 0.2) is 0 Å². The van der Waals surface area contributed by atoms with Crippen LogP contribution in [0.15, 0.2) is 30.3 Å². The van der Waals surface area contributed by atoms with E-state index in [0.29, 0.717) is 0 Å². The van der Waals surface area contributed by atoms with Gasteiger partial charge in [-0.25, -0.2) is 0 Å². The second-order valence-corrected chi connectivity index (χ2v) is 7.30. The van der Waals surface area contributed by atoms with Crippen LogP contribution in [0.2, 0.25) is 0 Å². The zero-order valence-corrected chi connectivity index (χ0v) is 11.4. The maximum absolute atomic E-state index is 10.7. The summed E-state index contributed by atoms with van der Waals surface area (Å²) in [6.07, 6.45) is 6.99. The summed E-state index contributed by atoms with van der Waals surface area (Å²) in [6, 6.07) is 10.6. The standard InChI is InChI=1S/C17H23NO/c19-17-9-14-6-15(10-17)8-16(7-14,12-17)18-11-13-4-2-1-3-5-13/h1-5,14-15,18-19H,6-12H2/t14-,15-,16?,17?/m0/s1. The fourth-order valence-electron chi connectivity index (χ4n) is 5.31. The van der Waals surface area contributed by atoms with Crippen LogP contribution in [0.5, 0.6) is 0 Å². The molecule has 0 radical (unpaired) electrons. The first-order valence-electron chi connectivity index (χ1n) is 7.66. The van der Waals surface area contributed by atoms with E-state index in [0.717, 1.165) is 37.6 Å². The number of rotatable bonds is 3. The minimum absolute atomic E-state index is 0.217. The van der Waals surface area contributed by atoms with Crippen molar-refractivity contribution in [1.82, 2.24) is 5.32 Å². The van der Waals surface area contributed by atoms with Gasteiger partial charge >= 0.3 is 0 Å². The van der Waals surface area contributed by atoms with E-state index < -0.39 is 0 Å². The van der Waals surface area contributed by atoms with Crippen LogP contribution >= 0.6 is 0 Å². The van der Waals surface area contributed by atoms with Crippen molar-refractivity contribution in [3.05, 3.63) is 35.9 Å². The van der Waals surface area contributed by atoms with Crippen LogP contribution in [-0.4, -0.2) is 16.2 Å². The summed E-state index contributed by atoms with van der Waals surface area (Å²) in [5.41, 5.74) is 1.22. The molecule has 4 aliphatic carbocycles. The Morgan fingerprint density at radius 3 is 2.37 bits per heavy atom. The van der Waals surface area contributed by atoms with Crippen LogP contribution in [0.4, 0.5) is 0 Å². The predicted molar refractivity (Wildman–Crippen MR) is 75.6 cm³/mol. The van der Waals surface area contributed by atoms with Crippen LogP contribution in [0.1, 0.15) is 44.1 Å². The summed E-state index contributed by atoms with van der Waals surface area (Å²) in [7, 11) is 0. The molecule has 2 N–H and O–H groups in total. The maximum Gasteiger partial charge on any atom is 0.0670 e. The zero-order valence-electron chi connectivity index (χ0n) is 11.4. The normalized spacial score (nSPS) is 43.6. The highest BCUT2D eigenvalue weighted by Crippen LogP contribution is 2.57. The van der Waals surface area contributed by atoms with E-state index in [1.165, 1.54) is 24.8 Å². The second kappa shape index (κ2) is 4.07. The summed E-state index contributed by atoms with van der Waals surface area (Å²) < 4.78 is 0. The minimum Gasteiger partial charge on any atom is -0.390 e. The second-order valence-electron chi connectivity index (χ2n) is 7.30. The SMILES string of the molecule is OC12C[C@H]3C[C@H](C1)CC(NCc1ccccc1)(C3)C2. The van der Waals surface area contributed by atoms with Crippen molar-refractivity contribution in [3.63, 3.8) is 0 Å². The third-order valence-corrected chi connectivity index (χ3v) is 5.54. The van der Waals surface area contributed by atoms with Gasteiger partial charge in [-0.1, -0.05) is 30.3 Å². The molecule has 0 spiro atoms. The van der Waals surface area contributed by atoms with Crippen molar-refractivity contribution >= 4 is 0 Å². The lowest BCUT2D eigenvalue weighted by Crippen LogP contribution is -2.64. The first kappa shape index (κ1) is 11.9. The van der Waals surface area contributed by atoms with Gasteiger partial charge in [0.1, 0.15) is 0 Å². The average Bonchev–Trinajstić information content (AvgIpc) is 2.35. The van der Waals surface area contributed by atoms with Gasteiger partial charge in [0.25, 0.3) is 0 Å². The Balaban J connectivity index is 1.51. The molecule has 4 bridgehead atoms. The van der Waals surface area contributed by atoms with Crippen molar-refractivity contribution in [3.8, 4) is 0 Å². The topological polar surface area (TPSA) is 32.3 Å². The van der Waals surface area contributed by atoms with Gasteiger partial charge in [0.05, 0.1) is 5.60 Å². The smallest absolute Gasteiger partial charge is 0.0670 e. The van der Waals surface area contributed by atoms with Crippen molar-refractivity contribution in [2.45, 2.75) is 56.2 Å². The van der Waals surface area contributed by atoms with Crippen LogP contribution in [0.3, 0.4) is 0 Å². The van der Waals surface area contributed by atoms with Gasteiger partial charge < -0.3 is 10.4 Å². The largest absolute Gasteiger partial charge is 0.390 e. The molecule has 0 aliphatic heterocycles. The van der Waals surface area contributed by atoms with E-state index in [4.69, 9.17) is 0 Å². The van der Waals surface area contributed by atoms with Crippen molar-refractivity contribution in [1.29, 1.82) is 0 Å². The molecule has 2 atom stereocenters. The van der Waals surface area contributed by atoms with Crippen molar-refractivity contribution in [2.75, 3.05) is 0 Å². The Kier molecular flexibility index (Phi) is 2.55. The predicted octanol–water partition coefficient (Wildman–Crippen LogP) is 2.86. The molecule has 0 heterocycles. The van der Waals surface area contributed by atoms with E-state index in [1.807, 2.05) is 0 Å². The summed E-state index contributed by atoms with van der Waals surface area (Å²) >= 11 is 0. The highest BCUT2D eigenvalue weighted by molar-refractivity contribution is 5.17. The van der Waals surface area contributed by atoms with Crippen LogP contribution < -0.4 is 5.32 Å². The zero-order chi connectivity index (χ0) is 12.9. The highest BCUT2D eigenvalue weighted by atomic mass is 16.3. The fraction of sp³-hybridized carbons (Fsp3) is 0.647. The molecule has 4 aliphatic rings. The average molecular weight is 257 g/mol. The molecule has 0 unspecified atom stereocenters. The van der Waals surface area contributed by atoms with E-state index in [2.05, 4.69) is 35.6 Å². The third-order valence-electron chi connectivity index (χ3n) is 5.54. The Bertz CT molecular complexity index is 455. The molecule has 2 nitrogen and oxygen atoms in total. The minimum atomic E-state index is -0.353. The molecule has 5 rings (SSSR count). The number of hydrogen-bond donors (Lipinski definition) is 2. The maximum atomic E-state index is 10.7. The first-order valence-corrected chi connectivity index (χ1v) is 7.66. The molecule has 1 aromatic carbocycles. The number of nitrogens with one attached hydrogen (secondary N) is 1. The molecule has 102 valence electrons. The first-order chi connectivity index (χ1) is 9.15. The lowest BCUT2D eigenvalue weighted by molar-refractivity contribution is -0.142. The van der Waals surface area contributed by atoms with Crippen molar-refractivity contribution < 1.29 is 5.11 Å². The highest BCUT2D eigenvalue weighted by Gasteiger charge is 2.56. The van der Waals surface area contributed by atoms with Crippen molar-refractivity contribution in [2.24, 2.45) is 11.8 Å². The van der Waals surface area contributed by atoms with Crippen LogP contribution in [0, 0.1) is 11.8 Å². The quantitative estimate of drug-likeness (QED) is 0.872. The molecule has 0 saturated heterocycles. The Labute approximate surface area is 115 Å². The van der Waals surface area contributed by atoms with Gasteiger partial charge in [-0.3, -0.25) is 0 Å². The lowest BCUT2D eigenvalue weighted by Gasteiger charge is -2.60. The third kappa shape index (κ3) is 2.11. The van der Waals surface area contributed by atoms with Gasteiger partial charge in [-0.2, -0.15) is 0 Å². The van der Waals surface area contributed by atoms with E-state index >= 15 is 0 Å². The van der Waals surface area contributed by atoms with E-state index in [-0.39, 0.29) is 11.1 Å². The lowest BCUT2D eigenvalue weighted by atomic mass is 9.51. The molecule has 0 amide bonds. The Morgan fingerprint density at radius 1 is 1.05 bits per heavy atom. The Hall–Kier alpha value is -0.860. The van der Waals surface area contributed by atoms with Crippen LogP contribution in [-0.2, 0) is 6.54 Å². The molecular weight excluding hydrogens is 234 g/mol. The molecule has 4 saturated carbocycles. The summed E-state index contributed by atoms with van der Waals surface area (Å²) in [5.74, 6) is 1.52. The van der Waals surface area contributed by atoms with E-state index in [9.17, 15) is 5.11 Å². The number of hydrogen-bond acceptors (Lipinski definition) is 2. The fourth-order valence-corrected chi connectivity index (χ4v) is 5.31. The molecule has 19 heavy (non-hydrogen) atoms. The van der Waals surface area contributed by atoms with Crippen LogP contribution in [0.25, 0.3) is 0 Å². The van der Waals surface area contributed by atoms with Gasteiger partial charge in [0, 0.05) is 12.1 Å². The number of aliphatic hydroxyl groups is 1. The summed E-state index contributed by atoms with van der Waals surface area (Å²) in [4.78, 5) is 0. The monoisotopic (exact) mass is 257 g/mol.